The highest BCUT2D eigenvalue weighted by Gasteiger charge is 2.19. The number of hydrogen-bond donors (Lipinski definition) is 0. The van der Waals surface area contributed by atoms with Crippen molar-refractivity contribution in [1.29, 1.82) is 0 Å². The smallest absolute Gasteiger partial charge is 0.306 e. The molecule has 69 heavy (non-hydrogen) atoms. The van der Waals surface area contributed by atoms with Gasteiger partial charge in [-0.15, -0.1) is 0 Å². The SMILES string of the molecule is CC/C=C\C/C=C\C/C=C\C/C=C\C/C=C\C/C=C\CCCCC(=O)OCC(COC(=O)CCCCCCCCCCCCCCC)OC(=O)CCC/C=C\C/C=C\C/C=C\C/C=C\C/C=C\CC. The first-order valence-electron chi connectivity index (χ1n) is 27.7. The molecule has 0 aliphatic rings. The lowest BCUT2D eigenvalue weighted by Gasteiger charge is -2.18. The summed E-state index contributed by atoms with van der Waals surface area (Å²) in [5, 5.41) is 0. The molecule has 0 spiro atoms. The number of unbranched alkanes of at least 4 members (excludes halogenated alkanes) is 15. The van der Waals surface area contributed by atoms with E-state index in [9.17, 15) is 14.4 Å². The Morgan fingerprint density at radius 2 is 0.580 bits per heavy atom. The maximum atomic E-state index is 12.8. The van der Waals surface area contributed by atoms with Crippen molar-refractivity contribution < 1.29 is 28.6 Å². The monoisotopic (exact) mass is 953 g/mol. The number of allylic oxidation sites excluding steroid dienone is 22. The summed E-state index contributed by atoms with van der Waals surface area (Å²) < 4.78 is 16.7. The van der Waals surface area contributed by atoms with Gasteiger partial charge in [0.2, 0.25) is 0 Å². The van der Waals surface area contributed by atoms with Gasteiger partial charge in [0.25, 0.3) is 0 Å². The third kappa shape index (κ3) is 54.4. The molecule has 0 bridgehead atoms. The average Bonchev–Trinajstić information content (AvgIpc) is 3.35. The molecule has 0 N–H and O–H groups in total. The fourth-order valence-corrected chi connectivity index (χ4v) is 7.07. The maximum absolute atomic E-state index is 12.8. The standard InChI is InChI=1S/C63H100O6/c1-4-7-10-13-16-19-22-25-27-29-30-31-32-34-35-38-41-44-47-50-53-56-62(65)68-59-60(58-67-61(64)55-52-49-46-43-40-37-24-21-18-15-12-9-6-3)69-63(66)57-54-51-48-45-42-39-36-33-28-26-23-20-17-14-11-8-5-2/h7-8,10-11,16-17,19-20,25-28,30-31,34-36,39,41,44-45,48,60H,4-6,9,12-15,18,21-24,29,32-33,37-38,40,42-43,46-47,49-59H2,1-3H3/b10-7-,11-8-,19-16-,20-17-,27-25-,28-26-,31-30-,35-34-,39-36-,44-41-,48-45-. The second-order valence-corrected chi connectivity index (χ2v) is 17.7. The molecule has 0 rings (SSSR count). The van der Waals surface area contributed by atoms with Crippen LogP contribution in [0.2, 0.25) is 0 Å². The van der Waals surface area contributed by atoms with Gasteiger partial charge in [-0.2, -0.15) is 0 Å². The first-order valence-corrected chi connectivity index (χ1v) is 27.7. The molecule has 0 aromatic rings. The third-order valence-corrected chi connectivity index (χ3v) is 11.2. The normalized spacial score (nSPS) is 13.1. The molecular weight excluding hydrogens is 853 g/mol. The van der Waals surface area contributed by atoms with Crippen molar-refractivity contribution in [3.05, 3.63) is 134 Å². The van der Waals surface area contributed by atoms with Gasteiger partial charge < -0.3 is 14.2 Å². The summed E-state index contributed by atoms with van der Waals surface area (Å²) in [5.74, 6) is -1.03. The highest BCUT2D eigenvalue weighted by atomic mass is 16.6. The summed E-state index contributed by atoms with van der Waals surface area (Å²) in [6, 6.07) is 0. The second kappa shape index (κ2) is 56.1. The number of esters is 3. The Morgan fingerprint density at radius 1 is 0.304 bits per heavy atom. The van der Waals surface area contributed by atoms with Gasteiger partial charge in [-0.3, -0.25) is 14.4 Å². The van der Waals surface area contributed by atoms with Gasteiger partial charge in [0, 0.05) is 19.3 Å². The summed E-state index contributed by atoms with van der Waals surface area (Å²) in [6.07, 6.45) is 78.7. The molecule has 0 aromatic heterocycles. The van der Waals surface area contributed by atoms with Gasteiger partial charge in [0.05, 0.1) is 0 Å². The fraction of sp³-hybridized carbons (Fsp3) is 0.603. The highest BCUT2D eigenvalue weighted by Crippen LogP contribution is 2.14. The van der Waals surface area contributed by atoms with Crippen LogP contribution in [-0.2, 0) is 28.6 Å². The molecule has 0 amide bonds. The van der Waals surface area contributed by atoms with Crippen molar-refractivity contribution in [2.45, 2.75) is 232 Å². The molecule has 0 fully saturated rings. The Labute approximate surface area is 424 Å². The summed E-state index contributed by atoms with van der Waals surface area (Å²) >= 11 is 0. The first kappa shape index (κ1) is 64.5. The minimum Gasteiger partial charge on any atom is -0.462 e. The van der Waals surface area contributed by atoms with E-state index >= 15 is 0 Å². The predicted molar refractivity (Wildman–Crippen MR) is 297 cm³/mol. The molecular formula is C63H100O6. The minimum absolute atomic E-state index is 0.117. The van der Waals surface area contributed by atoms with E-state index in [2.05, 4.69) is 154 Å². The van der Waals surface area contributed by atoms with E-state index in [1.807, 2.05) is 0 Å². The van der Waals surface area contributed by atoms with Crippen molar-refractivity contribution in [3.63, 3.8) is 0 Å². The Bertz CT molecular complexity index is 1510. The summed E-state index contributed by atoms with van der Waals surface area (Å²) in [7, 11) is 0. The second-order valence-electron chi connectivity index (χ2n) is 17.7. The van der Waals surface area contributed by atoms with Crippen molar-refractivity contribution >= 4 is 17.9 Å². The zero-order valence-electron chi connectivity index (χ0n) is 44.3. The molecule has 1 atom stereocenters. The zero-order valence-corrected chi connectivity index (χ0v) is 44.3. The van der Waals surface area contributed by atoms with Crippen LogP contribution in [0.25, 0.3) is 0 Å². The molecule has 6 nitrogen and oxygen atoms in total. The maximum Gasteiger partial charge on any atom is 0.306 e. The van der Waals surface area contributed by atoms with Crippen LogP contribution in [0.15, 0.2) is 134 Å². The number of ether oxygens (including phenoxy) is 3. The molecule has 0 saturated heterocycles. The van der Waals surface area contributed by atoms with E-state index < -0.39 is 6.10 Å². The largest absolute Gasteiger partial charge is 0.462 e. The minimum atomic E-state index is -0.829. The van der Waals surface area contributed by atoms with Crippen molar-refractivity contribution in [3.8, 4) is 0 Å². The molecule has 0 saturated carbocycles. The van der Waals surface area contributed by atoms with Gasteiger partial charge >= 0.3 is 17.9 Å². The lowest BCUT2D eigenvalue weighted by atomic mass is 10.0. The van der Waals surface area contributed by atoms with Crippen LogP contribution in [0.3, 0.4) is 0 Å². The van der Waals surface area contributed by atoms with Crippen LogP contribution >= 0.6 is 0 Å². The molecule has 0 radical (unpaired) electrons. The molecule has 0 aromatic carbocycles. The van der Waals surface area contributed by atoms with Gasteiger partial charge in [0.15, 0.2) is 6.10 Å². The molecule has 6 heteroatoms. The average molecular weight is 953 g/mol. The van der Waals surface area contributed by atoms with E-state index in [0.717, 1.165) is 109 Å². The fourth-order valence-electron chi connectivity index (χ4n) is 7.07. The Kier molecular flexibility index (Phi) is 52.5. The van der Waals surface area contributed by atoms with E-state index in [1.165, 1.54) is 64.2 Å². The van der Waals surface area contributed by atoms with Crippen molar-refractivity contribution in [2.24, 2.45) is 0 Å². The quantitative estimate of drug-likeness (QED) is 0.0262. The van der Waals surface area contributed by atoms with Crippen LogP contribution in [0.4, 0.5) is 0 Å². The topological polar surface area (TPSA) is 78.9 Å². The van der Waals surface area contributed by atoms with Crippen molar-refractivity contribution in [1.82, 2.24) is 0 Å². The highest BCUT2D eigenvalue weighted by molar-refractivity contribution is 5.71. The Balaban J connectivity index is 4.56. The molecule has 388 valence electrons. The molecule has 1 unspecified atom stereocenters. The number of carbonyl (C=O) groups excluding carboxylic acids is 3. The van der Waals surface area contributed by atoms with E-state index in [1.54, 1.807) is 0 Å². The van der Waals surface area contributed by atoms with Gasteiger partial charge in [0.1, 0.15) is 13.2 Å². The zero-order chi connectivity index (χ0) is 50.0. The van der Waals surface area contributed by atoms with Crippen LogP contribution in [0.1, 0.15) is 226 Å². The molecule has 0 heterocycles. The van der Waals surface area contributed by atoms with Crippen LogP contribution < -0.4 is 0 Å². The number of carbonyl (C=O) groups is 3. The number of rotatable bonds is 48. The van der Waals surface area contributed by atoms with Gasteiger partial charge in [-0.05, 0) is 109 Å². The third-order valence-electron chi connectivity index (χ3n) is 11.2. The lowest BCUT2D eigenvalue weighted by molar-refractivity contribution is -0.167. The van der Waals surface area contributed by atoms with E-state index in [-0.39, 0.29) is 44.0 Å². The molecule has 0 aliphatic heterocycles. The first-order chi connectivity index (χ1) is 34.0. The Morgan fingerprint density at radius 3 is 0.928 bits per heavy atom. The van der Waals surface area contributed by atoms with E-state index in [0.29, 0.717) is 19.3 Å². The van der Waals surface area contributed by atoms with Crippen molar-refractivity contribution in [2.75, 3.05) is 13.2 Å². The van der Waals surface area contributed by atoms with Crippen LogP contribution in [0.5, 0.6) is 0 Å². The lowest BCUT2D eigenvalue weighted by Crippen LogP contribution is -2.30. The van der Waals surface area contributed by atoms with Crippen LogP contribution in [0, 0.1) is 0 Å². The summed E-state index contributed by atoms with van der Waals surface area (Å²) in [6.45, 7) is 6.31. The van der Waals surface area contributed by atoms with E-state index in [4.69, 9.17) is 14.2 Å². The summed E-state index contributed by atoms with van der Waals surface area (Å²) in [5.41, 5.74) is 0. The number of hydrogen-bond acceptors (Lipinski definition) is 6. The van der Waals surface area contributed by atoms with Gasteiger partial charge in [-0.25, -0.2) is 0 Å². The van der Waals surface area contributed by atoms with Gasteiger partial charge in [-0.1, -0.05) is 231 Å². The van der Waals surface area contributed by atoms with Crippen LogP contribution in [-0.4, -0.2) is 37.2 Å². The predicted octanol–water partition coefficient (Wildman–Crippen LogP) is 18.6. The Hall–Kier alpha value is -4.45. The summed E-state index contributed by atoms with van der Waals surface area (Å²) in [4.78, 5) is 38.1. The molecule has 0 aliphatic carbocycles.